The first kappa shape index (κ1) is 15.5. The van der Waals surface area contributed by atoms with E-state index in [1.54, 1.807) is 6.92 Å². The maximum Gasteiger partial charge on any atom is 0.322 e. The predicted molar refractivity (Wildman–Crippen MR) is 56.4 cm³/mol. The fourth-order valence-electron chi connectivity index (χ4n) is 0.826. The quantitative estimate of drug-likeness (QED) is 0.429. The number of carbonyl (C=O) groups excluding carboxylic acids is 1. The number of hydrogen-bond donors (Lipinski definition) is 1. The smallest absolute Gasteiger partial charge is 0.322 e. The first-order chi connectivity index (χ1) is 5.72. The van der Waals surface area contributed by atoms with Gasteiger partial charge in [-0.2, -0.15) is 0 Å². The molecule has 0 aromatic rings. The minimum atomic E-state index is -0.479. The lowest BCUT2D eigenvalue weighted by Crippen LogP contribution is -2.32. The minimum absolute atomic E-state index is 0. The molecule has 0 heterocycles. The Morgan fingerprint density at radius 2 is 2.15 bits per heavy atom. The van der Waals surface area contributed by atoms with Gasteiger partial charge < -0.3 is 10.5 Å². The third-order valence-corrected chi connectivity index (χ3v) is 1.76. The van der Waals surface area contributed by atoms with Crippen LogP contribution in [0.3, 0.4) is 0 Å². The van der Waals surface area contributed by atoms with Gasteiger partial charge in [0.2, 0.25) is 0 Å². The Morgan fingerprint density at radius 1 is 1.54 bits per heavy atom. The van der Waals surface area contributed by atoms with E-state index in [4.69, 9.17) is 22.1 Å². The van der Waals surface area contributed by atoms with Gasteiger partial charge in [0, 0.05) is 5.88 Å². The van der Waals surface area contributed by atoms with E-state index < -0.39 is 6.04 Å². The van der Waals surface area contributed by atoms with Gasteiger partial charge in [-0.3, -0.25) is 4.79 Å². The molecule has 0 aliphatic carbocycles. The molecule has 1 unspecified atom stereocenters. The molecule has 0 saturated heterocycles. The molecule has 0 radical (unpaired) electrons. The van der Waals surface area contributed by atoms with Crippen molar-refractivity contribution in [3.8, 4) is 0 Å². The van der Waals surface area contributed by atoms with Crippen molar-refractivity contribution >= 4 is 30.0 Å². The highest BCUT2D eigenvalue weighted by Gasteiger charge is 2.12. The molecule has 0 aliphatic heterocycles. The molecule has 0 amide bonds. The van der Waals surface area contributed by atoms with Gasteiger partial charge in [0.1, 0.15) is 6.04 Å². The maximum absolute atomic E-state index is 11.0. The molecule has 0 aliphatic rings. The first-order valence-electron chi connectivity index (χ1n) is 4.20. The maximum atomic E-state index is 11.0. The van der Waals surface area contributed by atoms with Crippen LogP contribution in [0.15, 0.2) is 0 Å². The summed E-state index contributed by atoms with van der Waals surface area (Å²) < 4.78 is 4.74. The van der Waals surface area contributed by atoms with Crippen molar-refractivity contribution in [1.82, 2.24) is 0 Å². The number of halogens is 2. The Hall–Kier alpha value is 0.01000. The predicted octanol–water partition coefficient (Wildman–Crippen LogP) is 1.71. The van der Waals surface area contributed by atoms with E-state index >= 15 is 0 Å². The summed E-state index contributed by atoms with van der Waals surface area (Å²) in [6.45, 7) is 2.16. The Balaban J connectivity index is 0. The third kappa shape index (κ3) is 8.34. The number of carbonyl (C=O) groups is 1. The van der Waals surface area contributed by atoms with Crippen molar-refractivity contribution in [2.45, 2.75) is 32.2 Å². The van der Waals surface area contributed by atoms with E-state index in [0.29, 0.717) is 18.9 Å². The van der Waals surface area contributed by atoms with Crippen LogP contribution in [-0.4, -0.2) is 24.5 Å². The topological polar surface area (TPSA) is 52.3 Å². The molecule has 3 nitrogen and oxygen atoms in total. The van der Waals surface area contributed by atoms with Gasteiger partial charge in [-0.05, 0) is 19.8 Å². The summed E-state index contributed by atoms with van der Waals surface area (Å²) in [6, 6.07) is -0.479. The molecule has 0 aromatic heterocycles. The zero-order valence-electron chi connectivity index (χ0n) is 7.79. The fraction of sp³-hybridized carbons (Fsp3) is 0.875. The fourth-order valence-corrected chi connectivity index (χ4v) is 1.01. The van der Waals surface area contributed by atoms with Gasteiger partial charge in [-0.25, -0.2) is 0 Å². The number of alkyl halides is 1. The molecule has 0 aromatic carbocycles. The number of esters is 1. The Kier molecular flexibility index (Phi) is 12.0. The average molecular weight is 230 g/mol. The molecular weight excluding hydrogens is 213 g/mol. The van der Waals surface area contributed by atoms with Crippen LogP contribution >= 0.6 is 24.0 Å². The molecule has 5 heteroatoms. The highest BCUT2D eigenvalue weighted by atomic mass is 35.5. The molecule has 0 rings (SSSR count). The SMILES string of the molecule is CCOC(=O)C(N)CCCCCl.Cl. The molecule has 0 saturated carbocycles. The summed E-state index contributed by atoms with van der Waals surface area (Å²) in [4.78, 5) is 11.0. The zero-order valence-corrected chi connectivity index (χ0v) is 9.37. The van der Waals surface area contributed by atoms with Gasteiger partial charge in [-0.15, -0.1) is 24.0 Å². The molecule has 0 fully saturated rings. The van der Waals surface area contributed by atoms with Crippen molar-refractivity contribution in [2.75, 3.05) is 12.5 Å². The number of ether oxygens (including phenoxy) is 1. The van der Waals surface area contributed by atoms with Crippen molar-refractivity contribution in [2.24, 2.45) is 5.73 Å². The van der Waals surface area contributed by atoms with Crippen LogP contribution in [0.5, 0.6) is 0 Å². The van der Waals surface area contributed by atoms with Crippen molar-refractivity contribution in [3.05, 3.63) is 0 Å². The van der Waals surface area contributed by atoms with Crippen LogP contribution in [0.2, 0.25) is 0 Å². The van der Waals surface area contributed by atoms with E-state index in [2.05, 4.69) is 0 Å². The lowest BCUT2D eigenvalue weighted by molar-refractivity contribution is -0.144. The molecule has 80 valence electrons. The second-order valence-corrected chi connectivity index (χ2v) is 2.92. The standard InChI is InChI=1S/C8H16ClNO2.ClH/c1-2-12-8(11)7(10)5-3-4-6-9;/h7H,2-6,10H2,1H3;1H. The van der Waals surface area contributed by atoms with E-state index in [0.717, 1.165) is 12.8 Å². The largest absolute Gasteiger partial charge is 0.465 e. The summed E-state index contributed by atoms with van der Waals surface area (Å²) >= 11 is 5.47. The summed E-state index contributed by atoms with van der Waals surface area (Å²) in [7, 11) is 0. The van der Waals surface area contributed by atoms with E-state index in [1.165, 1.54) is 0 Å². The highest BCUT2D eigenvalue weighted by molar-refractivity contribution is 6.17. The highest BCUT2D eigenvalue weighted by Crippen LogP contribution is 2.01. The first-order valence-corrected chi connectivity index (χ1v) is 4.74. The van der Waals surface area contributed by atoms with Crippen LogP contribution in [0.25, 0.3) is 0 Å². The molecule has 0 bridgehead atoms. The summed E-state index contributed by atoms with van der Waals surface area (Å²) in [6.07, 6.45) is 2.43. The number of rotatable bonds is 6. The molecule has 13 heavy (non-hydrogen) atoms. The lowest BCUT2D eigenvalue weighted by Gasteiger charge is -2.08. The second kappa shape index (κ2) is 10.1. The van der Waals surface area contributed by atoms with Crippen LogP contribution in [0.1, 0.15) is 26.2 Å². The summed E-state index contributed by atoms with van der Waals surface area (Å²) in [5.41, 5.74) is 5.53. The van der Waals surface area contributed by atoms with Crippen LogP contribution in [-0.2, 0) is 9.53 Å². The van der Waals surface area contributed by atoms with Gasteiger partial charge >= 0.3 is 5.97 Å². The zero-order chi connectivity index (χ0) is 9.40. The molecule has 2 N–H and O–H groups in total. The van der Waals surface area contributed by atoms with Gasteiger partial charge in [0.15, 0.2) is 0 Å². The lowest BCUT2D eigenvalue weighted by atomic mass is 10.1. The molecule has 0 spiro atoms. The van der Waals surface area contributed by atoms with Gasteiger partial charge in [0.25, 0.3) is 0 Å². The minimum Gasteiger partial charge on any atom is -0.465 e. The third-order valence-electron chi connectivity index (χ3n) is 1.49. The van der Waals surface area contributed by atoms with E-state index in [1.807, 2.05) is 0 Å². The molecular formula is C8H17Cl2NO2. The number of hydrogen-bond acceptors (Lipinski definition) is 3. The van der Waals surface area contributed by atoms with Crippen molar-refractivity contribution in [3.63, 3.8) is 0 Å². The average Bonchev–Trinajstić information content (AvgIpc) is 2.05. The van der Waals surface area contributed by atoms with Gasteiger partial charge in [-0.1, -0.05) is 6.42 Å². The van der Waals surface area contributed by atoms with Crippen molar-refractivity contribution in [1.29, 1.82) is 0 Å². The summed E-state index contributed by atoms with van der Waals surface area (Å²) in [5, 5.41) is 0. The summed E-state index contributed by atoms with van der Waals surface area (Å²) in [5.74, 6) is 0.308. The molecule has 1 atom stereocenters. The van der Waals surface area contributed by atoms with E-state index in [-0.39, 0.29) is 18.4 Å². The number of unbranched alkanes of at least 4 members (excludes halogenated alkanes) is 1. The Bertz CT molecular complexity index is 133. The van der Waals surface area contributed by atoms with Gasteiger partial charge in [0.05, 0.1) is 6.61 Å². The monoisotopic (exact) mass is 229 g/mol. The normalized spacial score (nSPS) is 11.6. The number of nitrogens with two attached hydrogens (primary N) is 1. The Morgan fingerprint density at radius 3 is 2.62 bits per heavy atom. The van der Waals surface area contributed by atoms with Crippen LogP contribution in [0.4, 0.5) is 0 Å². The second-order valence-electron chi connectivity index (χ2n) is 2.54. The van der Waals surface area contributed by atoms with Crippen molar-refractivity contribution < 1.29 is 9.53 Å². The van der Waals surface area contributed by atoms with Crippen LogP contribution in [0, 0.1) is 0 Å². The van der Waals surface area contributed by atoms with Crippen LogP contribution < -0.4 is 5.73 Å². The Labute approximate surface area is 90.4 Å². The van der Waals surface area contributed by atoms with E-state index in [9.17, 15) is 4.79 Å².